The van der Waals surface area contributed by atoms with E-state index in [1.165, 1.54) is 0 Å². The molecule has 0 aromatic heterocycles. The van der Waals surface area contributed by atoms with Gasteiger partial charge < -0.3 is 10.1 Å². The molecule has 1 aliphatic rings. The summed E-state index contributed by atoms with van der Waals surface area (Å²) in [6, 6.07) is 4.45. The first-order chi connectivity index (χ1) is 12.7. The molecular formula is C19H26FNO5S. The molecule has 1 fully saturated rings. The van der Waals surface area contributed by atoms with Crippen LogP contribution in [-0.4, -0.2) is 38.7 Å². The van der Waals surface area contributed by atoms with E-state index in [4.69, 9.17) is 4.74 Å². The molecule has 1 saturated carbocycles. The maximum atomic E-state index is 12.9. The molecule has 0 bridgehead atoms. The molecule has 27 heavy (non-hydrogen) atoms. The Bertz CT molecular complexity index is 763. The van der Waals surface area contributed by atoms with Crippen molar-refractivity contribution in [2.45, 2.75) is 50.5 Å². The Morgan fingerprint density at radius 3 is 2.52 bits per heavy atom. The molecule has 150 valence electrons. The Hall–Kier alpha value is -1.96. The molecule has 0 aliphatic heterocycles. The van der Waals surface area contributed by atoms with E-state index in [1.807, 2.05) is 0 Å². The standard InChI is InChI=1S/C19H26FNO5S/c1-13-4-3-5-17(14(13)2)21-18(22)12-26-19(23)10-11-27(24,25)16-8-6-15(20)7-9-16/h6-9,13-14,17H,3-5,10-12H2,1-2H3,(H,21,22)/t13-,14+,17+/m0/s1. The quantitative estimate of drug-likeness (QED) is 0.562. The van der Waals surface area contributed by atoms with Gasteiger partial charge in [-0.1, -0.05) is 26.7 Å². The van der Waals surface area contributed by atoms with Gasteiger partial charge in [-0.2, -0.15) is 0 Å². The van der Waals surface area contributed by atoms with Crippen LogP contribution in [0, 0.1) is 17.7 Å². The number of amides is 1. The van der Waals surface area contributed by atoms with Crippen LogP contribution in [0.5, 0.6) is 0 Å². The minimum Gasteiger partial charge on any atom is -0.456 e. The minimum absolute atomic E-state index is 0.0603. The average Bonchev–Trinajstić information content (AvgIpc) is 2.62. The third-order valence-electron chi connectivity index (χ3n) is 5.17. The second-order valence-corrected chi connectivity index (χ2v) is 9.23. The van der Waals surface area contributed by atoms with Gasteiger partial charge in [-0.15, -0.1) is 0 Å². The average molecular weight is 399 g/mol. The number of benzene rings is 1. The van der Waals surface area contributed by atoms with Crippen LogP contribution in [0.4, 0.5) is 4.39 Å². The summed E-state index contributed by atoms with van der Waals surface area (Å²) < 4.78 is 42.0. The first kappa shape index (κ1) is 21.3. The van der Waals surface area contributed by atoms with E-state index >= 15 is 0 Å². The summed E-state index contributed by atoms with van der Waals surface area (Å²) in [7, 11) is -3.71. The molecule has 0 radical (unpaired) electrons. The molecule has 0 saturated heterocycles. The summed E-state index contributed by atoms with van der Waals surface area (Å²) in [6.45, 7) is 3.83. The van der Waals surface area contributed by atoms with E-state index in [0.29, 0.717) is 11.8 Å². The number of rotatable bonds is 7. The Kier molecular flexibility index (Phi) is 7.35. The SMILES string of the molecule is C[C@@H]1[C@@H](C)CCC[C@H]1NC(=O)COC(=O)CCS(=O)(=O)c1ccc(F)cc1. The maximum Gasteiger partial charge on any atom is 0.307 e. The molecule has 1 amide bonds. The van der Waals surface area contributed by atoms with Gasteiger partial charge in [-0.25, -0.2) is 12.8 Å². The Morgan fingerprint density at radius 2 is 1.85 bits per heavy atom. The summed E-state index contributed by atoms with van der Waals surface area (Å²) in [5.74, 6) is -1.25. The second kappa shape index (κ2) is 9.30. The number of hydrogen-bond donors (Lipinski definition) is 1. The van der Waals surface area contributed by atoms with E-state index < -0.39 is 34.0 Å². The Balaban J connectivity index is 1.75. The van der Waals surface area contributed by atoms with Crippen LogP contribution < -0.4 is 5.32 Å². The molecule has 8 heteroatoms. The Morgan fingerprint density at radius 1 is 1.19 bits per heavy atom. The van der Waals surface area contributed by atoms with Gasteiger partial charge in [0.15, 0.2) is 16.4 Å². The largest absolute Gasteiger partial charge is 0.456 e. The van der Waals surface area contributed by atoms with Gasteiger partial charge in [-0.3, -0.25) is 9.59 Å². The smallest absolute Gasteiger partial charge is 0.307 e. The highest BCUT2D eigenvalue weighted by Gasteiger charge is 2.28. The number of carbonyl (C=O) groups is 2. The molecule has 3 atom stereocenters. The maximum absolute atomic E-state index is 12.9. The molecule has 0 unspecified atom stereocenters. The highest BCUT2D eigenvalue weighted by Crippen LogP contribution is 2.29. The fourth-order valence-corrected chi connectivity index (χ4v) is 4.45. The molecule has 1 aliphatic carbocycles. The summed E-state index contributed by atoms with van der Waals surface area (Å²) in [5.41, 5.74) is 0. The zero-order valence-corrected chi connectivity index (χ0v) is 16.4. The zero-order valence-electron chi connectivity index (χ0n) is 15.6. The third kappa shape index (κ3) is 6.30. The first-order valence-corrected chi connectivity index (χ1v) is 10.8. The number of halogens is 1. The Labute approximate surface area is 159 Å². The number of sulfone groups is 1. The van der Waals surface area contributed by atoms with Crippen molar-refractivity contribution in [3.63, 3.8) is 0 Å². The molecule has 0 spiro atoms. The lowest BCUT2D eigenvalue weighted by Gasteiger charge is -2.34. The van der Waals surface area contributed by atoms with Crippen molar-refractivity contribution in [2.24, 2.45) is 11.8 Å². The van der Waals surface area contributed by atoms with Gasteiger partial charge in [-0.05, 0) is 42.5 Å². The van der Waals surface area contributed by atoms with Crippen LogP contribution in [0.2, 0.25) is 0 Å². The van der Waals surface area contributed by atoms with Gasteiger partial charge in [0.1, 0.15) is 5.82 Å². The zero-order chi connectivity index (χ0) is 20.0. The number of esters is 1. The molecule has 1 aromatic carbocycles. The molecule has 1 N–H and O–H groups in total. The van der Waals surface area contributed by atoms with Crippen molar-refractivity contribution in [3.8, 4) is 0 Å². The van der Waals surface area contributed by atoms with Gasteiger partial charge >= 0.3 is 5.97 Å². The normalized spacial score (nSPS) is 22.9. The van der Waals surface area contributed by atoms with Crippen molar-refractivity contribution in [1.82, 2.24) is 5.32 Å². The molecular weight excluding hydrogens is 373 g/mol. The molecule has 2 rings (SSSR count). The van der Waals surface area contributed by atoms with Crippen LogP contribution in [0.3, 0.4) is 0 Å². The van der Waals surface area contributed by atoms with Crippen LogP contribution in [-0.2, 0) is 24.2 Å². The van der Waals surface area contributed by atoms with E-state index in [9.17, 15) is 22.4 Å². The van der Waals surface area contributed by atoms with Gasteiger partial charge in [0, 0.05) is 6.04 Å². The molecule has 6 nitrogen and oxygen atoms in total. The predicted molar refractivity (Wildman–Crippen MR) is 98.1 cm³/mol. The lowest BCUT2D eigenvalue weighted by molar-refractivity contribution is -0.148. The lowest BCUT2D eigenvalue weighted by atomic mass is 9.78. The van der Waals surface area contributed by atoms with Gasteiger partial charge in [0.25, 0.3) is 5.91 Å². The summed E-state index contributed by atoms with van der Waals surface area (Å²) in [5, 5.41) is 2.89. The number of hydrogen-bond acceptors (Lipinski definition) is 5. The lowest BCUT2D eigenvalue weighted by Crippen LogP contribution is -2.45. The van der Waals surface area contributed by atoms with Crippen LogP contribution in [0.1, 0.15) is 39.5 Å². The summed E-state index contributed by atoms with van der Waals surface area (Å²) in [6.07, 6.45) is 2.73. The van der Waals surface area contributed by atoms with E-state index in [1.54, 1.807) is 0 Å². The highest BCUT2D eigenvalue weighted by atomic mass is 32.2. The van der Waals surface area contributed by atoms with E-state index in [0.717, 1.165) is 43.5 Å². The van der Waals surface area contributed by atoms with Crippen molar-refractivity contribution in [2.75, 3.05) is 12.4 Å². The van der Waals surface area contributed by atoms with Gasteiger partial charge in [0.2, 0.25) is 0 Å². The highest BCUT2D eigenvalue weighted by molar-refractivity contribution is 7.91. The number of ether oxygens (including phenoxy) is 1. The first-order valence-electron chi connectivity index (χ1n) is 9.12. The molecule has 0 heterocycles. The van der Waals surface area contributed by atoms with Crippen LogP contribution in [0.15, 0.2) is 29.2 Å². The van der Waals surface area contributed by atoms with Crippen LogP contribution >= 0.6 is 0 Å². The van der Waals surface area contributed by atoms with Crippen molar-refractivity contribution in [1.29, 1.82) is 0 Å². The topological polar surface area (TPSA) is 89.5 Å². The summed E-state index contributed by atoms with van der Waals surface area (Å²) in [4.78, 5) is 23.7. The van der Waals surface area contributed by atoms with Gasteiger partial charge in [0.05, 0.1) is 17.1 Å². The van der Waals surface area contributed by atoms with E-state index in [2.05, 4.69) is 19.2 Å². The van der Waals surface area contributed by atoms with E-state index in [-0.39, 0.29) is 23.3 Å². The van der Waals surface area contributed by atoms with Crippen LogP contribution in [0.25, 0.3) is 0 Å². The second-order valence-electron chi connectivity index (χ2n) is 7.12. The fourth-order valence-electron chi connectivity index (χ4n) is 3.23. The van der Waals surface area contributed by atoms with Crippen molar-refractivity contribution >= 4 is 21.7 Å². The number of carbonyl (C=O) groups excluding carboxylic acids is 2. The molecule has 1 aromatic rings. The monoisotopic (exact) mass is 399 g/mol. The summed E-state index contributed by atoms with van der Waals surface area (Å²) >= 11 is 0. The fraction of sp³-hybridized carbons (Fsp3) is 0.579. The predicted octanol–water partition coefficient (Wildman–Crippen LogP) is 2.47. The van der Waals surface area contributed by atoms with Crippen molar-refractivity contribution < 1.29 is 27.1 Å². The third-order valence-corrected chi connectivity index (χ3v) is 6.90. The number of nitrogens with one attached hydrogen (secondary N) is 1. The van der Waals surface area contributed by atoms with Crippen molar-refractivity contribution in [3.05, 3.63) is 30.1 Å². The minimum atomic E-state index is -3.71.